The second-order valence-electron chi connectivity index (χ2n) is 7.48. The van der Waals surface area contributed by atoms with Crippen molar-refractivity contribution in [3.05, 3.63) is 18.7 Å². The average molecular weight is 511 g/mol. The molecule has 1 aromatic heterocycles. The van der Waals surface area contributed by atoms with E-state index in [1.807, 2.05) is 0 Å². The van der Waals surface area contributed by atoms with Crippen molar-refractivity contribution in [3.63, 3.8) is 0 Å². The van der Waals surface area contributed by atoms with Crippen molar-refractivity contribution in [1.82, 2.24) is 9.97 Å². The number of nitrogens with zero attached hydrogens (tertiary/aromatic N) is 1. The van der Waals surface area contributed by atoms with Crippen LogP contribution in [0.5, 0.6) is 0 Å². The molecular formula is C22H43IN2O3. The van der Waals surface area contributed by atoms with E-state index in [1.165, 1.54) is 77.0 Å². The number of aromatic amines is 1. The molecule has 0 saturated carbocycles. The summed E-state index contributed by atoms with van der Waals surface area (Å²) in [4.78, 5) is 6.42. The molecule has 1 unspecified atom stereocenters. The van der Waals surface area contributed by atoms with Gasteiger partial charge in [-0.1, -0.05) is 104 Å². The van der Waals surface area contributed by atoms with Crippen LogP contribution in [-0.4, -0.2) is 16.1 Å². The Balaban J connectivity index is 0.00000125. The van der Waals surface area contributed by atoms with E-state index in [0.29, 0.717) is 0 Å². The molecule has 1 atom stereocenters. The van der Waals surface area contributed by atoms with Crippen molar-refractivity contribution >= 4 is 0 Å². The van der Waals surface area contributed by atoms with E-state index in [2.05, 4.69) is 23.8 Å². The van der Waals surface area contributed by atoms with Gasteiger partial charge in [0.2, 0.25) is 0 Å². The molecular weight excluding hydrogens is 467 g/mol. The number of hydrogen-bond acceptors (Lipinski definition) is 4. The monoisotopic (exact) mass is 510 g/mol. The van der Waals surface area contributed by atoms with Gasteiger partial charge < -0.3 is 11.9 Å². The van der Waals surface area contributed by atoms with E-state index in [1.54, 1.807) is 18.7 Å². The maximum atomic E-state index is 10.7. The highest BCUT2D eigenvalue weighted by atomic mass is 127. The van der Waals surface area contributed by atoms with Crippen LogP contribution in [0.2, 0.25) is 0 Å². The Morgan fingerprint density at radius 1 is 0.786 bits per heavy atom. The lowest BCUT2D eigenvalue weighted by atomic mass is 10.0. The van der Waals surface area contributed by atoms with Crippen LogP contribution in [-0.2, 0) is 3.07 Å². The fourth-order valence-corrected chi connectivity index (χ4v) is 4.36. The summed E-state index contributed by atoms with van der Waals surface area (Å²) >= 11 is -3.51. The number of halogens is 1. The Bertz CT molecular complexity index is 361. The van der Waals surface area contributed by atoms with Gasteiger partial charge in [-0.2, -0.15) is 0 Å². The highest BCUT2D eigenvalue weighted by Crippen LogP contribution is 2.14. The minimum Gasteiger partial charge on any atom is -0.396 e. The molecule has 0 amide bonds. The van der Waals surface area contributed by atoms with E-state index in [4.69, 9.17) is 3.07 Å². The lowest BCUT2D eigenvalue weighted by Crippen LogP contribution is -3.99. The Labute approximate surface area is 182 Å². The second-order valence-corrected chi connectivity index (χ2v) is 9.07. The van der Waals surface area contributed by atoms with Crippen LogP contribution >= 0.6 is 0 Å². The van der Waals surface area contributed by atoms with Crippen LogP contribution in [0.4, 0.5) is 0 Å². The molecule has 5 nitrogen and oxygen atoms in total. The summed E-state index contributed by atoms with van der Waals surface area (Å²) in [6.45, 7) is 4.34. The highest BCUT2D eigenvalue weighted by molar-refractivity contribution is 4.64. The van der Waals surface area contributed by atoms with Crippen molar-refractivity contribution in [2.45, 2.75) is 123 Å². The third kappa shape index (κ3) is 22.1. The minimum absolute atomic E-state index is 0.0482. The van der Waals surface area contributed by atoms with Gasteiger partial charge in [-0.15, -0.1) is 0 Å². The SMILES string of the molecule is CCCCCCCCCCCCCCCC(CCC)O[I+2]([O-])[O-].c1c[nH]cn1. The number of rotatable bonds is 18. The zero-order chi connectivity index (χ0) is 20.7. The van der Waals surface area contributed by atoms with Gasteiger partial charge in [0.1, 0.15) is 0 Å². The molecule has 1 N–H and O–H groups in total. The molecule has 28 heavy (non-hydrogen) atoms. The van der Waals surface area contributed by atoms with E-state index >= 15 is 0 Å². The van der Waals surface area contributed by atoms with Gasteiger partial charge in [0, 0.05) is 12.4 Å². The molecule has 1 rings (SSSR count). The molecule has 1 heterocycles. The largest absolute Gasteiger partial charge is 0.506 e. The maximum Gasteiger partial charge on any atom is 0.506 e. The Morgan fingerprint density at radius 3 is 1.68 bits per heavy atom. The van der Waals surface area contributed by atoms with Gasteiger partial charge in [-0.05, 0) is 15.9 Å². The smallest absolute Gasteiger partial charge is 0.396 e. The highest BCUT2D eigenvalue weighted by Gasteiger charge is 2.22. The number of hydrogen-bond donors (Lipinski definition) is 1. The van der Waals surface area contributed by atoms with Gasteiger partial charge in [0.15, 0.2) is 6.10 Å². The first-order chi connectivity index (χ1) is 13.7. The molecule has 0 spiro atoms. The van der Waals surface area contributed by atoms with Crippen molar-refractivity contribution in [2.24, 2.45) is 0 Å². The molecule has 0 aliphatic rings. The fourth-order valence-electron chi connectivity index (χ4n) is 3.26. The molecule has 0 radical (unpaired) electrons. The third-order valence-corrected chi connectivity index (χ3v) is 5.98. The zero-order valence-corrected chi connectivity index (χ0v) is 20.3. The normalized spacial score (nSPS) is 12.0. The minimum atomic E-state index is -3.51. The van der Waals surface area contributed by atoms with E-state index in [9.17, 15) is 6.87 Å². The molecule has 0 aliphatic heterocycles. The number of aromatic nitrogens is 2. The van der Waals surface area contributed by atoms with Gasteiger partial charge in [-0.3, -0.25) is 0 Å². The summed E-state index contributed by atoms with van der Waals surface area (Å²) in [6, 6.07) is 0. The summed E-state index contributed by atoms with van der Waals surface area (Å²) in [6.07, 6.45) is 25.3. The lowest BCUT2D eigenvalue weighted by molar-refractivity contribution is -1.63. The topological polar surface area (TPSA) is 84.0 Å². The van der Waals surface area contributed by atoms with Gasteiger partial charge >= 0.3 is 21.1 Å². The molecule has 166 valence electrons. The molecule has 0 fully saturated rings. The van der Waals surface area contributed by atoms with Crippen molar-refractivity contribution < 1.29 is 31.0 Å². The summed E-state index contributed by atoms with van der Waals surface area (Å²) in [5.74, 6) is 0. The Morgan fingerprint density at radius 2 is 1.32 bits per heavy atom. The van der Waals surface area contributed by atoms with Gasteiger partial charge in [0.25, 0.3) is 0 Å². The molecule has 0 aliphatic carbocycles. The molecule has 0 saturated heterocycles. The first-order valence-electron chi connectivity index (χ1n) is 11.4. The van der Waals surface area contributed by atoms with Crippen LogP contribution in [0.3, 0.4) is 0 Å². The fraction of sp³-hybridized carbons (Fsp3) is 0.864. The zero-order valence-electron chi connectivity index (χ0n) is 18.2. The van der Waals surface area contributed by atoms with E-state index in [0.717, 1.165) is 25.7 Å². The van der Waals surface area contributed by atoms with E-state index in [-0.39, 0.29) is 6.10 Å². The number of unbranched alkanes of at least 4 members (excludes halogenated alkanes) is 12. The van der Waals surface area contributed by atoms with Gasteiger partial charge in [-0.25, -0.2) is 4.98 Å². The van der Waals surface area contributed by atoms with Crippen molar-refractivity contribution in [1.29, 1.82) is 0 Å². The van der Waals surface area contributed by atoms with E-state index < -0.39 is 21.1 Å². The quantitative estimate of drug-likeness (QED) is 0.242. The summed E-state index contributed by atoms with van der Waals surface area (Å²) in [5, 5.41) is 0. The lowest BCUT2D eigenvalue weighted by Gasteiger charge is -2.09. The van der Waals surface area contributed by atoms with Crippen LogP contribution in [0.15, 0.2) is 18.7 Å². The number of H-pyrrole nitrogens is 1. The van der Waals surface area contributed by atoms with Crippen LogP contribution in [0.25, 0.3) is 0 Å². The molecule has 0 aromatic carbocycles. The van der Waals surface area contributed by atoms with Crippen molar-refractivity contribution in [3.8, 4) is 0 Å². The third-order valence-electron chi connectivity index (χ3n) is 4.84. The average Bonchev–Trinajstić information content (AvgIpc) is 3.25. The van der Waals surface area contributed by atoms with Gasteiger partial charge in [0.05, 0.1) is 6.33 Å². The predicted molar refractivity (Wildman–Crippen MR) is 109 cm³/mol. The Hall–Kier alpha value is -0.180. The summed E-state index contributed by atoms with van der Waals surface area (Å²) < 4.78 is 26.5. The second kappa shape index (κ2) is 23.1. The Kier molecular flexibility index (Phi) is 23.0. The van der Waals surface area contributed by atoms with Crippen LogP contribution < -0.4 is 27.9 Å². The van der Waals surface area contributed by atoms with Crippen LogP contribution in [0, 0.1) is 0 Å². The summed E-state index contributed by atoms with van der Waals surface area (Å²) in [5.41, 5.74) is 0. The molecule has 6 heteroatoms. The van der Waals surface area contributed by atoms with Crippen molar-refractivity contribution in [2.75, 3.05) is 0 Å². The first-order valence-corrected chi connectivity index (χ1v) is 14.0. The number of imidazole rings is 1. The molecule has 1 aromatic rings. The predicted octanol–water partition coefficient (Wildman–Crippen LogP) is 2.15. The number of nitrogens with one attached hydrogen (secondary N) is 1. The standard InChI is InChI=1S/C19H39IO3.C3H4N2/c1-3-5-6-7-8-9-10-11-12-13-14-15-16-18-19(17-4-2)23-20(21)22;1-2-5-3-4-1/h19H,3-18H2,1-2H3;1-3H,(H,4,5). The van der Waals surface area contributed by atoms with Crippen LogP contribution in [0.1, 0.15) is 117 Å². The maximum absolute atomic E-state index is 10.7. The molecule has 0 bridgehead atoms. The first kappa shape index (κ1) is 27.8. The summed E-state index contributed by atoms with van der Waals surface area (Å²) in [7, 11) is 0.